The summed E-state index contributed by atoms with van der Waals surface area (Å²) in [5, 5.41) is 0. The fourth-order valence-electron chi connectivity index (χ4n) is 1.46. The molecule has 0 radical (unpaired) electrons. The molecule has 0 nitrogen and oxygen atoms in total. The maximum atomic E-state index is 5.72. The molecule has 11 heavy (non-hydrogen) atoms. The molecule has 0 heterocycles. The maximum Gasteiger partial charge on any atom is 0.0433 e. The Morgan fingerprint density at radius 1 is 1.82 bits per heavy atom. The lowest BCUT2D eigenvalue weighted by Gasteiger charge is -2.20. The van der Waals surface area contributed by atoms with Crippen LogP contribution in [0.2, 0.25) is 0 Å². The molecule has 1 heteroatoms. The molecule has 0 saturated carbocycles. The molecule has 0 aliphatic heterocycles. The first-order valence-electron chi connectivity index (χ1n) is 4.13. The third-order valence-electron chi connectivity index (χ3n) is 2.37. The predicted octanol–water partition coefficient (Wildman–Crippen LogP) is 3.53. The summed E-state index contributed by atoms with van der Waals surface area (Å²) in [5.74, 6) is 1.42. The van der Waals surface area contributed by atoms with E-state index >= 15 is 0 Å². The van der Waals surface area contributed by atoms with Crippen LogP contribution in [0.15, 0.2) is 23.8 Å². The van der Waals surface area contributed by atoms with Gasteiger partial charge in [-0.15, -0.1) is 11.6 Å². The third kappa shape index (κ3) is 2.37. The molecule has 1 rings (SSSR count). The Hall–Kier alpha value is -0.230. The second kappa shape index (κ2) is 3.96. The second-order valence-corrected chi connectivity index (χ2v) is 3.58. The van der Waals surface area contributed by atoms with Gasteiger partial charge in [0.25, 0.3) is 0 Å². The first-order chi connectivity index (χ1) is 5.24. The van der Waals surface area contributed by atoms with Crippen LogP contribution in [0.25, 0.3) is 0 Å². The van der Waals surface area contributed by atoms with Crippen LogP contribution in [-0.4, -0.2) is 5.88 Å². The van der Waals surface area contributed by atoms with Gasteiger partial charge >= 0.3 is 0 Å². The smallest absolute Gasteiger partial charge is 0.0433 e. The van der Waals surface area contributed by atoms with E-state index < -0.39 is 0 Å². The van der Waals surface area contributed by atoms with Crippen LogP contribution in [0, 0.1) is 5.92 Å². The van der Waals surface area contributed by atoms with Crippen LogP contribution < -0.4 is 0 Å². The van der Waals surface area contributed by atoms with E-state index in [2.05, 4.69) is 19.6 Å². The minimum absolute atomic E-state index is 0.710. The topological polar surface area (TPSA) is 0 Å². The van der Waals surface area contributed by atoms with Crippen LogP contribution in [0.3, 0.4) is 0 Å². The van der Waals surface area contributed by atoms with E-state index in [9.17, 15) is 0 Å². The van der Waals surface area contributed by atoms with E-state index in [1.54, 1.807) is 0 Å². The molecular formula is C10H15Cl. The van der Waals surface area contributed by atoms with E-state index in [1.165, 1.54) is 24.0 Å². The molecule has 62 valence electrons. The van der Waals surface area contributed by atoms with Gasteiger partial charge in [-0.2, -0.15) is 0 Å². The van der Waals surface area contributed by atoms with E-state index in [0.29, 0.717) is 11.8 Å². The summed E-state index contributed by atoms with van der Waals surface area (Å²) < 4.78 is 0. The van der Waals surface area contributed by atoms with E-state index in [-0.39, 0.29) is 0 Å². The van der Waals surface area contributed by atoms with Crippen molar-refractivity contribution in [2.24, 2.45) is 5.92 Å². The van der Waals surface area contributed by atoms with Gasteiger partial charge in [0, 0.05) is 5.88 Å². The van der Waals surface area contributed by atoms with Gasteiger partial charge in [0.15, 0.2) is 0 Å². The molecule has 0 amide bonds. The van der Waals surface area contributed by atoms with Crippen LogP contribution in [0.1, 0.15) is 26.2 Å². The van der Waals surface area contributed by atoms with Gasteiger partial charge in [-0.25, -0.2) is 0 Å². The average Bonchev–Trinajstić information content (AvgIpc) is 2.05. The van der Waals surface area contributed by atoms with Gasteiger partial charge in [0.2, 0.25) is 0 Å². The highest BCUT2D eigenvalue weighted by molar-refractivity contribution is 6.19. The lowest BCUT2D eigenvalue weighted by Crippen LogP contribution is -2.06. The molecule has 1 aliphatic rings. The molecule has 0 bridgehead atoms. The Kier molecular flexibility index (Phi) is 3.19. The van der Waals surface area contributed by atoms with E-state index in [1.807, 2.05) is 0 Å². The largest absolute Gasteiger partial charge is 0.122 e. The fourth-order valence-corrected chi connectivity index (χ4v) is 1.70. The van der Waals surface area contributed by atoms with Crippen LogP contribution in [0.4, 0.5) is 0 Å². The van der Waals surface area contributed by atoms with Gasteiger partial charge in [-0.3, -0.25) is 0 Å². The molecule has 1 aliphatic carbocycles. The van der Waals surface area contributed by atoms with Crippen LogP contribution in [0.5, 0.6) is 0 Å². The number of allylic oxidation sites excluding steroid dienone is 3. The number of halogens is 1. The zero-order chi connectivity index (χ0) is 8.27. The first kappa shape index (κ1) is 8.86. The van der Waals surface area contributed by atoms with Crippen molar-refractivity contribution >= 4 is 11.6 Å². The number of alkyl halides is 1. The summed E-state index contributed by atoms with van der Waals surface area (Å²) in [6.45, 7) is 6.08. The Morgan fingerprint density at radius 3 is 2.91 bits per heavy atom. The highest BCUT2D eigenvalue weighted by Crippen LogP contribution is 2.28. The zero-order valence-corrected chi connectivity index (χ0v) is 7.82. The Balaban J connectivity index is 2.47. The molecule has 1 atom stereocenters. The first-order valence-corrected chi connectivity index (χ1v) is 4.66. The van der Waals surface area contributed by atoms with Gasteiger partial charge in [0.05, 0.1) is 0 Å². The number of rotatable bonds is 2. The monoisotopic (exact) mass is 170 g/mol. The lowest BCUT2D eigenvalue weighted by atomic mass is 9.86. The van der Waals surface area contributed by atoms with Crippen molar-refractivity contribution in [3.63, 3.8) is 0 Å². The normalized spacial score (nSPS) is 24.5. The van der Waals surface area contributed by atoms with E-state index in [0.717, 1.165) is 6.42 Å². The number of hydrogen-bond acceptors (Lipinski definition) is 0. The van der Waals surface area contributed by atoms with Crippen LogP contribution >= 0.6 is 11.6 Å². The quantitative estimate of drug-likeness (QED) is 0.440. The van der Waals surface area contributed by atoms with Crippen molar-refractivity contribution in [3.8, 4) is 0 Å². The van der Waals surface area contributed by atoms with Crippen molar-refractivity contribution in [3.05, 3.63) is 23.8 Å². The summed E-state index contributed by atoms with van der Waals surface area (Å²) in [5.41, 5.74) is 2.72. The van der Waals surface area contributed by atoms with Crippen LogP contribution in [-0.2, 0) is 0 Å². The Morgan fingerprint density at radius 2 is 2.55 bits per heavy atom. The third-order valence-corrected chi connectivity index (χ3v) is 2.72. The van der Waals surface area contributed by atoms with Gasteiger partial charge in [-0.1, -0.05) is 23.8 Å². The van der Waals surface area contributed by atoms with Crippen molar-refractivity contribution in [2.45, 2.75) is 26.2 Å². The average molecular weight is 171 g/mol. The van der Waals surface area contributed by atoms with Crippen molar-refractivity contribution in [1.82, 2.24) is 0 Å². The van der Waals surface area contributed by atoms with Gasteiger partial charge in [-0.05, 0) is 32.1 Å². The van der Waals surface area contributed by atoms with Crippen molar-refractivity contribution < 1.29 is 0 Å². The molecule has 0 spiro atoms. The molecule has 0 aromatic heterocycles. The minimum Gasteiger partial charge on any atom is -0.122 e. The summed E-state index contributed by atoms with van der Waals surface area (Å²) >= 11 is 5.72. The zero-order valence-electron chi connectivity index (χ0n) is 7.07. The minimum atomic E-state index is 0.710. The summed E-state index contributed by atoms with van der Waals surface area (Å²) in [6, 6.07) is 0. The maximum absolute atomic E-state index is 5.72. The lowest BCUT2D eigenvalue weighted by molar-refractivity contribution is 0.541. The van der Waals surface area contributed by atoms with Crippen molar-refractivity contribution in [2.75, 3.05) is 5.88 Å². The molecule has 0 fully saturated rings. The highest BCUT2D eigenvalue weighted by Gasteiger charge is 2.13. The standard InChI is InChI=1S/C10H15Cl/c1-8(2)10-5-3-9(7-11)4-6-10/h3,10H,1,4-7H2,2H3. The molecule has 1 unspecified atom stereocenters. The Labute approximate surface area is 73.9 Å². The van der Waals surface area contributed by atoms with E-state index in [4.69, 9.17) is 11.6 Å². The SMILES string of the molecule is C=C(C)C1CC=C(CCl)CC1. The molecular weight excluding hydrogens is 156 g/mol. The summed E-state index contributed by atoms with van der Waals surface area (Å²) in [6.07, 6.45) is 5.84. The molecule has 0 N–H and O–H groups in total. The fraction of sp³-hybridized carbons (Fsp3) is 0.600. The molecule has 0 aromatic carbocycles. The Bertz CT molecular complexity index is 179. The molecule has 0 aromatic rings. The number of hydrogen-bond donors (Lipinski definition) is 0. The van der Waals surface area contributed by atoms with Gasteiger partial charge < -0.3 is 0 Å². The van der Waals surface area contributed by atoms with Gasteiger partial charge in [0.1, 0.15) is 0 Å². The summed E-state index contributed by atoms with van der Waals surface area (Å²) in [7, 11) is 0. The highest BCUT2D eigenvalue weighted by atomic mass is 35.5. The summed E-state index contributed by atoms with van der Waals surface area (Å²) in [4.78, 5) is 0. The second-order valence-electron chi connectivity index (χ2n) is 3.31. The van der Waals surface area contributed by atoms with Crippen molar-refractivity contribution in [1.29, 1.82) is 0 Å². The predicted molar refractivity (Wildman–Crippen MR) is 51.0 cm³/mol. The molecule has 0 saturated heterocycles.